The van der Waals surface area contributed by atoms with Crippen LogP contribution in [0.1, 0.15) is 25.1 Å². The second-order valence-corrected chi connectivity index (χ2v) is 5.26. The third-order valence-corrected chi connectivity index (χ3v) is 3.43. The van der Waals surface area contributed by atoms with E-state index in [0.29, 0.717) is 5.25 Å². The lowest BCUT2D eigenvalue weighted by atomic mass is 10.3. The molecule has 0 atom stereocenters. The monoisotopic (exact) mass is 218 g/mol. The van der Waals surface area contributed by atoms with Crippen LogP contribution in [0.15, 0.2) is 0 Å². The highest BCUT2D eigenvalue weighted by atomic mass is 35.5. The molecule has 74 valence electrons. The number of thioether (sulfide) groups is 1. The van der Waals surface area contributed by atoms with Crippen LogP contribution < -0.4 is 0 Å². The summed E-state index contributed by atoms with van der Waals surface area (Å²) in [6.45, 7) is 6.37. The van der Waals surface area contributed by atoms with E-state index in [9.17, 15) is 0 Å². The maximum atomic E-state index is 6.08. The first-order valence-corrected chi connectivity index (χ1v) is 5.74. The third kappa shape index (κ3) is 2.64. The molecule has 1 aromatic rings. The van der Waals surface area contributed by atoms with Crippen LogP contribution in [0.25, 0.3) is 0 Å². The van der Waals surface area contributed by atoms with Gasteiger partial charge in [-0.25, -0.2) is 0 Å². The van der Waals surface area contributed by atoms with Gasteiger partial charge in [-0.15, -0.1) is 0 Å². The average molecular weight is 219 g/mol. The summed E-state index contributed by atoms with van der Waals surface area (Å²) in [5.41, 5.74) is 2.21. The number of aryl methyl sites for hydroxylation is 2. The van der Waals surface area contributed by atoms with Gasteiger partial charge in [0.1, 0.15) is 5.15 Å². The molecule has 1 heterocycles. The smallest absolute Gasteiger partial charge is 0.131 e. The number of aromatic nitrogens is 2. The van der Waals surface area contributed by atoms with Gasteiger partial charge in [0.2, 0.25) is 0 Å². The third-order valence-electron chi connectivity index (χ3n) is 1.83. The highest BCUT2D eigenvalue weighted by Crippen LogP contribution is 2.25. The van der Waals surface area contributed by atoms with Crippen LogP contribution in [0.3, 0.4) is 0 Å². The van der Waals surface area contributed by atoms with Gasteiger partial charge in [0, 0.05) is 18.4 Å². The molecule has 4 heteroatoms. The van der Waals surface area contributed by atoms with Gasteiger partial charge in [0.15, 0.2) is 0 Å². The largest absolute Gasteiger partial charge is 0.257 e. The van der Waals surface area contributed by atoms with Crippen molar-refractivity contribution in [1.29, 1.82) is 0 Å². The molecule has 0 saturated carbocycles. The van der Waals surface area contributed by atoms with Crippen LogP contribution in [0.4, 0.5) is 0 Å². The first kappa shape index (κ1) is 10.9. The van der Waals surface area contributed by atoms with Crippen molar-refractivity contribution in [3.63, 3.8) is 0 Å². The first-order chi connectivity index (χ1) is 6.02. The molecule has 1 aromatic heterocycles. The predicted molar refractivity (Wildman–Crippen MR) is 59.4 cm³/mol. The van der Waals surface area contributed by atoms with Crippen molar-refractivity contribution < 1.29 is 0 Å². The summed E-state index contributed by atoms with van der Waals surface area (Å²) in [5, 5.41) is 5.66. The van der Waals surface area contributed by atoms with Crippen LogP contribution in [-0.2, 0) is 12.8 Å². The second kappa shape index (κ2) is 4.38. The topological polar surface area (TPSA) is 17.8 Å². The van der Waals surface area contributed by atoms with E-state index >= 15 is 0 Å². The fourth-order valence-electron chi connectivity index (χ4n) is 1.09. The summed E-state index contributed by atoms with van der Waals surface area (Å²) >= 11 is 7.97. The Kier molecular flexibility index (Phi) is 3.68. The molecule has 13 heavy (non-hydrogen) atoms. The van der Waals surface area contributed by atoms with Gasteiger partial charge in [0.05, 0.1) is 5.69 Å². The van der Waals surface area contributed by atoms with E-state index in [-0.39, 0.29) is 0 Å². The van der Waals surface area contributed by atoms with Crippen LogP contribution in [-0.4, -0.2) is 15.0 Å². The number of rotatable bonds is 3. The molecule has 0 aromatic carbocycles. The quantitative estimate of drug-likeness (QED) is 0.776. The van der Waals surface area contributed by atoms with Gasteiger partial charge in [-0.1, -0.05) is 25.4 Å². The van der Waals surface area contributed by atoms with Crippen molar-refractivity contribution in [3.05, 3.63) is 16.4 Å². The minimum Gasteiger partial charge on any atom is -0.257 e. The minimum atomic E-state index is 0.635. The Hall–Kier alpha value is -0.150. The summed E-state index contributed by atoms with van der Waals surface area (Å²) < 4.78 is 1.73. The van der Waals surface area contributed by atoms with Gasteiger partial charge in [-0.3, -0.25) is 4.68 Å². The Balaban J connectivity index is 2.76. The molecular weight excluding hydrogens is 204 g/mol. The van der Waals surface area contributed by atoms with Gasteiger partial charge in [-0.2, -0.15) is 16.9 Å². The van der Waals surface area contributed by atoms with E-state index in [1.54, 1.807) is 4.68 Å². The van der Waals surface area contributed by atoms with E-state index < -0.39 is 0 Å². The molecule has 0 amide bonds. The molecular formula is C9H15ClN2S. The summed E-state index contributed by atoms with van der Waals surface area (Å²) in [6, 6.07) is 0. The summed E-state index contributed by atoms with van der Waals surface area (Å²) in [5.74, 6) is 0.955. The standard InChI is InChI=1S/C9H15ClN2S/c1-6(2)13-5-8-7(3)11-12(4)9(8)10/h6H,5H2,1-4H3. The molecule has 0 N–H and O–H groups in total. The van der Waals surface area contributed by atoms with Crippen LogP contribution >= 0.6 is 23.4 Å². The van der Waals surface area contributed by atoms with E-state index in [1.807, 2.05) is 25.7 Å². The van der Waals surface area contributed by atoms with Crippen molar-refractivity contribution in [3.8, 4) is 0 Å². The molecule has 0 aliphatic carbocycles. The maximum Gasteiger partial charge on any atom is 0.131 e. The lowest BCUT2D eigenvalue weighted by Crippen LogP contribution is -1.91. The molecule has 0 radical (unpaired) electrons. The fourth-order valence-corrected chi connectivity index (χ4v) is 2.25. The molecule has 0 saturated heterocycles. The number of halogens is 1. The molecule has 1 rings (SSSR count). The highest BCUT2D eigenvalue weighted by Gasteiger charge is 2.11. The Bertz CT molecular complexity index is 294. The first-order valence-electron chi connectivity index (χ1n) is 4.32. The van der Waals surface area contributed by atoms with Crippen molar-refractivity contribution in [2.24, 2.45) is 7.05 Å². The highest BCUT2D eigenvalue weighted by molar-refractivity contribution is 7.99. The van der Waals surface area contributed by atoms with Crippen molar-refractivity contribution in [1.82, 2.24) is 9.78 Å². The predicted octanol–water partition coefficient (Wildman–Crippen LogP) is 3.02. The van der Waals surface area contributed by atoms with Crippen LogP contribution in [0, 0.1) is 6.92 Å². The molecule has 0 unspecified atom stereocenters. The van der Waals surface area contributed by atoms with Crippen molar-refractivity contribution in [2.75, 3.05) is 0 Å². The SMILES string of the molecule is Cc1nn(C)c(Cl)c1CSC(C)C. The minimum absolute atomic E-state index is 0.635. The fraction of sp³-hybridized carbons (Fsp3) is 0.667. The molecule has 0 fully saturated rings. The lowest BCUT2D eigenvalue weighted by Gasteiger charge is -2.03. The molecule has 0 aliphatic rings. The van der Waals surface area contributed by atoms with Gasteiger partial charge >= 0.3 is 0 Å². The Morgan fingerprint density at radius 3 is 2.54 bits per heavy atom. The van der Waals surface area contributed by atoms with Crippen LogP contribution in [0.2, 0.25) is 5.15 Å². The normalized spacial score (nSPS) is 11.2. The zero-order valence-corrected chi connectivity index (χ0v) is 10.0. The summed E-state index contributed by atoms with van der Waals surface area (Å²) in [4.78, 5) is 0. The summed E-state index contributed by atoms with van der Waals surface area (Å²) in [7, 11) is 1.87. The molecule has 2 nitrogen and oxygen atoms in total. The van der Waals surface area contributed by atoms with Gasteiger partial charge < -0.3 is 0 Å². The molecule has 0 spiro atoms. The number of hydrogen-bond acceptors (Lipinski definition) is 2. The second-order valence-electron chi connectivity index (χ2n) is 3.34. The van der Waals surface area contributed by atoms with Crippen LogP contribution in [0.5, 0.6) is 0 Å². The zero-order chi connectivity index (χ0) is 10.0. The van der Waals surface area contributed by atoms with E-state index in [2.05, 4.69) is 18.9 Å². The van der Waals surface area contributed by atoms with Crippen molar-refractivity contribution in [2.45, 2.75) is 31.8 Å². The van der Waals surface area contributed by atoms with E-state index in [1.165, 1.54) is 5.56 Å². The Morgan fingerprint density at radius 2 is 2.15 bits per heavy atom. The summed E-state index contributed by atoms with van der Waals surface area (Å²) in [6.07, 6.45) is 0. The average Bonchev–Trinajstić information content (AvgIpc) is 2.24. The van der Waals surface area contributed by atoms with E-state index in [0.717, 1.165) is 16.6 Å². The zero-order valence-electron chi connectivity index (χ0n) is 8.47. The van der Waals surface area contributed by atoms with E-state index in [4.69, 9.17) is 11.6 Å². The van der Waals surface area contributed by atoms with Gasteiger partial charge in [0.25, 0.3) is 0 Å². The molecule has 0 bridgehead atoms. The number of nitrogens with zero attached hydrogens (tertiary/aromatic N) is 2. The van der Waals surface area contributed by atoms with Gasteiger partial charge in [-0.05, 0) is 12.2 Å². The Labute approximate surface area is 88.7 Å². The molecule has 0 aliphatic heterocycles. The maximum absolute atomic E-state index is 6.08. The van der Waals surface area contributed by atoms with Crippen molar-refractivity contribution >= 4 is 23.4 Å². The number of hydrogen-bond donors (Lipinski definition) is 0. The Morgan fingerprint density at radius 1 is 1.54 bits per heavy atom. The lowest BCUT2D eigenvalue weighted by molar-refractivity contribution is 0.757.